The van der Waals surface area contributed by atoms with Crippen LogP contribution in [0.1, 0.15) is 36.6 Å². The third kappa shape index (κ3) is 3.38. The quantitative estimate of drug-likeness (QED) is 0.783. The third-order valence-electron chi connectivity index (χ3n) is 5.23. The van der Waals surface area contributed by atoms with Gasteiger partial charge in [-0.2, -0.15) is 4.31 Å². The van der Waals surface area contributed by atoms with E-state index in [9.17, 15) is 13.2 Å². The molecule has 0 aromatic carbocycles. The number of pyridine rings is 1. The molecule has 8 heteroatoms. The lowest BCUT2D eigenvalue weighted by molar-refractivity contribution is 0.201. The lowest BCUT2D eigenvalue weighted by Crippen LogP contribution is -2.33. The molecule has 0 bridgehead atoms. The lowest BCUT2D eigenvalue weighted by Gasteiger charge is -2.25. The highest BCUT2D eigenvalue weighted by molar-refractivity contribution is 7.89. The summed E-state index contributed by atoms with van der Waals surface area (Å²) in [7, 11) is -3.51. The monoisotopic (exact) mass is 393 g/mol. The number of likely N-dealkylation sites (tertiary alicyclic amines) is 1. The van der Waals surface area contributed by atoms with Crippen LogP contribution in [0.5, 0.6) is 0 Å². The summed E-state index contributed by atoms with van der Waals surface area (Å²) in [5.74, 6) is 0. The maximum absolute atomic E-state index is 12.8. The number of rotatable bonds is 5. The van der Waals surface area contributed by atoms with E-state index in [4.69, 9.17) is 0 Å². The molecule has 4 heterocycles. The summed E-state index contributed by atoms with van der Waals surface area (Å²) < 4.78 is 28.6. The van der Waals surface area contributed by atoms with Crippen LogP contribution in [0.25, 0.3) is 0 Å². The topological polar surface area (TPSA) is 62.6 Å². The first-order chi connectivity index (χ1) is 12.6. The molecular weight excluding hydrogens is 370 g/mol. The van der Waals surface area contributed by atoms with E-state index in [2.05, 4.69) is 16.3 Å². The Balaban J connectivity index is 1.60. The minimum atomic E-state index is -3.51. The van der Waals surface area contributed by atoms with Gasteiger partial charge in [0.25, 0.3) is 5.56 Å². The van der Waals surface area contributed by atoms with E-state index in [-0.39, 0.29) is 10.5 Å². The summed E-state index contributed by atoms with van der Waals surface area (Å²) in [6, 6.07) is 7.30. The second-order valence-electron chi connectivity index (χ2n) is 6.91. The van der Waals surface area contributed by atoms with Gasteiger partial charge in [0, 0.05) is 42.8 Å². The Morgan fingerprint density at radius 1 is 1.08 bits per heavy atom. The van der Waals surface area contributed by atoms with E-state index >= 15 is 0 Å². The highest BCUT2D eigenvalue weighted by Gasteiger charge is 2.29. The molecule has 2 aromatic rings. The van der Waals surface area contributed by atoms with Crippen LogP contribution >= 0.6 is 11.3 Å². The lowest BCUT2D eigenvalue weighted by atomic mass is 10.2. The normalized spacial score (nSPS) is 22.2. The molecule has 0 saturated carbocycles. The minimum absolute atomic E-state index is 0.165. The van der Waals surface area contributed by atoms with Gasteiger partial charge in [-0.1, -0.05) is 6.07 Å². The van der Waals surface area contributed by atoms with E-state index in [0.29, 0.717) is 25.8 Å². The molecule has 140 valence electrons. The molecule has 0 spiro atoms. The number of hydrogen-bond donors (Lipinski definition) is 0. The SMILES string of the molecule is O=c1ccc(S(=O)(=O)N2CCCC2)cn1CN1CCC[C@@H]1c1cccs1. The van der Waals surface area contributed by atoms with Gasteiger partial charge in [-0.05, 0) is 43.2 Å². The smallest absolute Gasteiger partial charge is 0.251 e. The molecule has 2 aromatic heterocycles. The Bertz CT molecular complexity index is 915. The fraction of sp³-hybridized carbons (Fsp3) is 0.500. The van der Waals surface area contributed by atoms with Gasteiger partial charge in [0.1, 0.15) is 0 Å². The second-order valence-corrected chi connectivity index (χ2v) is 9.83. The van der Waals surface area contributed by atoms with E-state index < -0.39 is 10.0 Å². The third-order valence-corrected chi connectivity index (χ3v) is 8.08. The first-order valence-electron chi connectivity index (χ1n) is 9.04. The number of hydrogen-bond acceptors (Lipinski definition) is 5. The van der Waals surface area contributed by atoms with Gasteiger partial charge in [0.2, 0.25) is 10.0 Å². The van der Waals surface area contributed by atoms with E-state index in [1.807, 2.05) is 6.07 Å². The van der Waals surface area contributed by atoms with Crippen molar-refractivity contribution in [3.8, 4) is 0 Å². The van der Waals surface area contributed by atoms with Crippen LogP contribution in [0.3, 0.4) is 0 Å². The molecule has 1 atom stereocenters. The Morgan fingerprint density at radius 3 is 2.62 bits per heavy atom. The van der Waals surface area contributed by atoms with Gasteiger partial charge in [0.15, 0.2) is 0 Å². The van der Waals surface area contributed by atoms with Crippen LogP contribution in [0.2, 0.25) is 0 Å². The summed E-state index contributed by atoms with van der Waals surface area (Å²) in [5.41, 5.74) is -0.165. The molecule has 0 aliphatic carbocycles. The number of thiophene rings is 1. The number of nitrogens with zero attached hydrogens (tertiary/aromatic N) is 3. The Labute approximate surface area is 157 Å². The highest BCUT2D eigenvalue weighted by Crippen LogP contribution is 2.34. The van der Waals surface area contributed by atoms with Crippen molar-refractivity contribution in [2.45, 2.75) is 43.3 Å². The van der Waals surface area contributed by atoms with Crippen molar-refractivity contribution in [2.24, 2.45) is 0 Å². The molecule has 0 unspecified atom stereocenters. The van der Waals surface area contributed by atoms with Crippen molar-refractivity contribution in [1.29, 1.82) is 0 Å². The first kappa shape index (κ1) is 17.9. The standard InChI is InChI=1S/C18H23N3O3S2/c22-18-8-7-15(26(23,24)21-10-1-2-11-21)13-20(18)14-19-9-3-5-16(19)17-6-4-12-25-17/h4,6-8,12-13,16H,1-3,5,9-11,14H2/t16-/m1/s1. The summed E-state index contributed by atoms with van der Waals surface area (Å²) in [4.78, 5) is 16.1. The van der Waals surface area contributed by atoms with Crippen LogP contribution in [-0.4, -0.2) is 41.8 Å². The van der Waals surface area contributed by atoms with Crippen molar-refractivity contribution < 1.29 is 8.42 Å². The van der Waals surface area contributed by atoms with Gasteiger partial charge < -0.3 is 4.57 Å². The molecule has 2 saturated heterocycles. The van der Waals surface area contributed by atoms with Crippen LogP contribution in [0.15, 0.2) is 45.5 Å². The highest BCUT2D eigenvalue weighted by atomic mass is 32.2. The van der Waals surface area contributed by atoms with E-state index in [0.717, 1.165) is 32.2 Å². The summed E-state index contributed by atoms with van der Waals surface area (Å²) in [6.07, 6.45) is 5.47. The van der Waals surface area contributed by atoms with Gasteiger partial charge in [-0.15, -0.1) is 11.3 Å². The molecule has 2 aliphatic heterocycles. The van der Waals surface area contributed by atoms with Gasteiger partial charge in [0.05, 0.1) is 11.6 Å². The molecule has 2 aliphatic rings. The molecule has 0 radical (unpaired) electrons. The second kappa shape index (κ2) is 7.26. The molecule has 0 N–H and O–H groups in total. The number of sulfonamides is 1. The maximum atomic E-state index is 12.8. The predicted octanol–water partition coefficient (Wildman–Crippen LogP) is 2.49. The van der Waals surface area contributed by atoms with Gasteiger partial charge in [-0.3, -0.25) is 9.69 Å². The molecule has 26 heavy (non-hydrogen) atoms. The molecule has 6 nitrogen and oxygen atoms in total. The van der Waals surface area contributed by atoms with Gasteiger partial charge in [-0.25, -0.2) is 8.42 Å². The average molecular weight is 394 g/mol. The first-order valence-corrected chi connectivity index (χ1v) is 11.4. The minimum Gasteiger partial charge on any atom is -0.301 e. The molecule has 2 fully saturated rings. The van der Waals surface area contributed by atoms with Crippen molar-refractivity contribution in [3.05, 3.63) is 51.1 Å². The van der Waals surface area contributed by atoms with Crippen LogP contribution in [0.4, 0.5) is 0 Å². The van der Waals surface area contributed by atoms with Crippen molar-refractivity contribution in [3.63, 3.8) is 0 Å². The molecule has 4 rings (SSSR count). The van der Waals surface area contributed by atoms with Gasteiger partial charge >= 0.3 is 0 Å². The fourth-order valence-electron chi connectivity index (χ4n) is 3.84. The molecular formula is C18H23N3O3S2. The molecule has 0 amide bonds. The predicted molar refractivity (Wildman–Crippen MR) is 102 cm³/mol. The fourth-order valence-corrected chi connectivity index (χ4v) is 6.28. The zero-order chi connectivity index (χ0) is 18.1. The average Bonchev–Trinajstić information content (AvgIpc) is 3.39. The Hall–Kier alpha value is -1.48. The Kier molecular flexibility index (Phi) is 5.00. The summed E-state index contributed by atoms with van der Waals surface area (Å²) in [6.45, 7) is 2.46. The van der Waals surface area contributed by atoms with Crippen molar-refractivity contribution >= 4 is 21.4 Å². The van der Waals surface area contributed by atoms with Crippen LogP contribution in [0, 0.1) is 0 Å². The van der Waals surface area contributed by atoms with Crippen molar-refractivity contribution in [1.82, 2.24) is 13.8 Å². The maximum Gasteiger partial charge on any atom is 0.251 e. The van der Waals surface area contributed by atoms with Crippen LogP contribution in [-0.2, 0) is 16.7 Å². The summed E-state index contributed by atoms with van der Waals surface area (Å²) in [5, 5.41) is 2.07. The van der Waals surface area contributed by atoms with Crippen LogP contribution < -0.4 is 5.56 Å². The van der Waals surface area contributed by atoms with E-state index in [1.165, 1.54) is 32.1 Å². The van der Waals surface area contributed by atoms with E-state index in [1.54, 1.807) is 11.3 Å². The Morgan fingerprint density at radius 2 is 1.88 bits per heavy atom. The zero-order valence-electron chi connectivity index (χ0n) is 14.6. The zero-order valence-corrected chi connectivity index (χ0v) is 16.2. The van der Waals surface area contributed by atoms with Crippen molar-refractivity contribution in [2.75, 3.05) is 19.6 Å². The summed E-state index contributed by atoms with van der Waals surface area (Å²) >= 11 is 1.73. The largest absolute Gasteiger partial charge is 0.301 e. The number of aromatic nitrogens is 1.